The number of pyridine rings is 1. The van der Waals surface area contributed by atoms with Crippen LogP contribution in [-0.4, -0.2) is 35.6 Å². The second kappa shape index (κ2) is 7.28. The smallest absolute Gasteiger partial charge is 0.273 e. The number of rotatable bonds is 5. The lowest BCUT2D eigenvalue weighted by atomic mass is 9.69. The number of hydrogen-bond donors (Lipinski definition) is 1. The van der Waals surface area contributed by atoms with Crippen molar-refractivity contribution in [3.8, 4) is 6.07 Å². The molecule has 1 aliphatic rings. The van der Waals surface area contributed by atoms with E-state index in [4.69, 9.17) is 16.9 Å². The Morgan fingerprint density at radius 2 is 2.07 bits per heavy atom. The molecule has 0 aliphatic heterocycles. The van der Waals surface area contributed by atoms with E-state index in [1.807, 2.05) is 0 Å². The van der Waals surface area contributed by atoms with Crippen molar-refractivity contribution in [2.24, 2.45) is 12.5 Å². The van der Waals surface area contributed by atoms with Crippen molar-refractivity contribution in [3.05, 3.63) is 40.7 Å². The number of nitriles is 1. The highest BCUT2D eigenvalue weighted by atomic mass is 35.5. The summed E-state index contributed by atoms with van der Waals surface area (Å²) in [6.45, 7) is 1.45. The number of anilines is 1. The third-order valence-corrected chi connectivity index (χ3v) is 7.34. The van der Waals surface area contributed by atoms with E-state index in [1.165, 1.54) is 20.0 Å². The Labute approximate surface area is 175 Å². The van der Waals surface area contributed by atoms with Crippen LogP contribution < -0.4 is 5.32 Å². The molecule has 2 aromatic heterocycles. The van der Waals surface area contributed by atoms with Crippen LogP contribution in [0.5, 0.6) is 0 Å². The fourth-order valence-corrected chi connectivity index (χ4v) is 6.27. The Kier molecular flexibility index (Phi) is 5.37. The maximum atomic E-state index is 14.1. The van der Waals surface area contributed by atoms with Crippen LogP contribution in [0.25, 0.3) is 0 Å². The second-order valence-corrected chi connectivity index (χ2v) is 9.97. The zero-order valence-corrected chi connectivity index (χ0v) is 17.4. The van der Waals surface area contributed by atoms with Gasteiger partial charge in [0.05, 0.1) is 16.5 Å². The molecule has 7 nitrogen and oxygen atoms in total. The highest BCUT2D eigenvalue weighted by Gasteiger charge is 2.55. The van der Waals surface area contributed by atoms with E-state index in [2.05, 4.69) is 10.3 Å². The summed E-state index contributed by atoms with van der Waals surface area (Å²) in [5, 5.41) is 10.6. The third-order valence-electron chi connectivity index (χ3n) is 4.79. The van der Waals surface area contributed by atoms with Crippen molar-refractivity contribution >= 4 is 33.0 Å². The first-order valence-electron chi connectivity index (χ1n) is 8.60. The molecule has 1 fully saturated rings. The fourth-order valence-electron chi connectivity index (χ4n) is 3.68. The number of carbonyl (C=O) groups is 1. The SMILES string of the molecule is Cn1cc(S(=O)(=O)CC2(C)CC(F)(F)C2)c(Cl)c1C(=O)Nc1ccnc(C#N)c1F. The Morgan fingerprint density at radius 3 is 2.63 bits per heavy atom. The molecular formula is C18H16ClF3N4O3S. The van der Waals surface area contributed by atoms with Crippen LogP contribution in [0.2, 0.25) is 5.02 Å². The summed E-state index contributed by atoms with van der Waals surface area (Å²) in [5.41, 5.74) is -2.23. The number of nitrogens with zero attached hydrogens (tertiary/aromatic N) is 3. The Balaban J connectivity index is 1.89. The minimum Gasteiger partial charge on any atom is -0.344 e. The highest BCUT2D eigenvalue weighted by molar-refractivity contribution is 7.91. The summed E-state index contributed by atoms with van der Waals surface area (Å²) in [7, 11) is -2.72. The van der Waals surface area contributed by atoms with Crippen LogP contribution >= 0.6 is 11.6 Å². The molecule has 160 valence electrons. The lowest BCUT2D eigenvalue weighted by Gasteiger charge is -2.44. The third kappa shape index (κ3) is 4.02. The largest absolute Gasteiger partial charge is 0.344 e. The Hall–Kier alpha value is -2.58. The van der Waals surface area contributed by atoms with Gasteiger partial charge >= 0.3 is 0 Å². The van der Waals surface area contributed by atoms with E-state index >= 15 is 0 Å². The molecule has 0 radical (unpaired) electrons. The second-order valence-electron chi connectivity index (χ2n) is 7.63. The van der Waals surface area contributed by atoms with Gasteiger partial charge in [-0.1, -0.05) is 18.5 Å². The van der Waals surface area contributed by atoms with Crippen molar-refractivity contribution in [2.45, 2.75) is 30.6 Å². The average molecular weight is 461 g/mol. The van der Waals surface area contributed by atoms with Gasteiger partial charge < -0.3 is 9.88 Å². The normalized spacial score (nSPS) is 17.1. The van der Waals surface area contributed by atoms with Crippen molar-refractivity contribution in [1.82, 2.24) is 9.55 Å². The minimum absolute atomic E-state index is 0.269. The molecule has 30 heavy (non-hydrogen) atoms. The van der Waals surface area contributed by atoms with Gasteiger partial charge in [0.1, 0.15) is 16.7 Å². The van der Waals surface area contributed by atoms with Gasteiger partial charge in [0.15, 0.2) is 21.3 Å². The molecule has 1 aliphatic carbocycles. The number of amides is 1. The number of alkyl halides is 2. The number of halogens is 4. The van der Waals surface area contributed by atoms with Crippen LogP contribution in [0.1, 0.15) is 35.9 Å². The van der Waals surface area contributed by atoms with Gasteiger partial charge in [-0.15, -0.1) is 0 Å². The van der Waals surface area contributed by atoms with Gasteiger partial charge in [-0.25, -0.2) is 26.6 Å². The Morgan fingerprint density at radius 1 is 1.43 bits per heavy atom. The summed E-state index contributed by atoms with van der Waals surface area (Å²) in [5.74, 6) is -5.41. The molecule has 0 atom stereocenters. The van der Waals surface area contributed by atoms with Crippen molar-refractivity contribution in [1.29, 1.82) is 5.26 Å². The van der Waals surface area contributed by atoms with Gasteiger partial charge in [0, 0.05) is 32.3 Å². The monoisotopic (exact) mass is 460 g/mol. The maximum Gasteiger partial charge on any atom is 0.273 e. The summed E-state index contributed by atoms with van der Waals surface area (Å²) < 4.78 is 67.3. The predicted molar refractivity (Wildman–Crippen MR) is 102 cm³/mol. The Bertz CT molecular complexity index is 1180. The minimum atomic E-state index is -4.08. The maximum absolute atomic E-state index is 14.1. The summed E-state index contributed by atoms with van der Waals surface area (Å²) in [4.78, 5) is 15.7. The molecule has 0 saturated heterocycles. The van der Waals surface area contributed by atoms with E-state index in [1.54, 1.807) is 0 Å². The van der Waals surface area contributed by atoms with Gasteiger partial charge in [-0.3, -0.25) is 4.79 Å². The number of aryl methyl sites for hydroxylation is 1. The topological polar surface area (TPSA) is 105 Å². The molecule has 1 N–H and O–H groups in total. The van der Waals surface area contributed by atoms with Crippen LogP contribution in [0.4, 0.5) is 18.9 Å². The van der Waals surface area contributed by atoms with Crippen LogP contribution in [0, 0.1) is 22.6 Å². The van der Waals surface area contributed by atoms with Gasteiger partial charge in [-0.2, -0.15) is 5.26 Å². The van der Waals surface area contributed by atoms with Crippen molar-refractivity contribution in [2.75, 3.05) is 11.1 Å². The molecule has 3 rings (SSSR count). The molecule has 2 aromatic rings. The van der Waals surface area contributed by atoms with E-state index in [9.17, 15) is 26.4 Å². The number of nitrogens with one attached hydrogen (secondary N) is 1. The zero-order chi connectivity index (χ0) is 22.5. The first kappa shape index (κ1) is 22.1. The van der Waals surface area contributed by atoms with Gasteiger partial charge in [0.2, 0.25) is 5.92 Å². The molecule has 2 heterocycles. The molecule has 0 bridgehead atoms. The molecule has 1 amide bonds. The van der Waals surface area contributed by atoms with Crippen LogP contribution in [0.15, 0.2) is 23.4 Å². The van der Waals surface area contributed by atoms with E-state index in [0.717, 1.165) is 23.0 Å². The number of sulfone groups is 1. The van der Waals surface area contributed by atoms with Crippen molar-refractivity contribution in [3.63, 3.8) is 0 Å². The summed E-state index contributed by atoms with van der Waals surface area (Å²) in [6.07, 6.45) is 1.12. The fraction of sp³-hybridized carbons (Fsp3) is 0.389. The van der Waals surface area contributed by atoms with E-state index in [0.29, 0.717) is 0 Å². The lowest BCUT2D eigenvalue weighted by Crippen LogP contribution is -2.47. The van der Waals surface area contributed by atoms with E-state index in [-0.39, 0.29) is 16.3 Å². The standard InChI is InChI=1S/C18H16ClF3N4O3S/c1-17(7-18(21,22)8-17)9-30(28,29)12-6-26(2)15(13(12)19)16(27)25-10-3-4-24-11(5-23)14(10)20/h3-4,6H,7-9H2,1-2H3,(H,24,25,27). The number of aromatic nitrogens is 2. The van der Waals surface area contributed by atoms with Crippen LogP contribution in [0.3, 0.4) is 0 Å². The van der Waals surface area contributed by atoms with Gasteiger partial charge in [0.25, 0.3) is 5.91 Å². The first-order chi connectivity index (χ1) is 13.8. The number of carbonyl (C=O) groups excluding carboxylic acids is 1. The molecule has 1 saturated carbocycles. The molecule has 0 spiro atoms. The molecule has 0 unspecified atom stereocenters. The highest BCUT2D eigenvalue weighted by Crippen LogP contribution is 2.53. The number of hydrogen-bond acceptors (Lipinski definition) is 5. The zero-order valence-electron chi connectivity index (χ0n) is 15.8. The summed E-state index contributed by atoms with van der Waals surface area (Å²) >= 11 is 6.15. The average Bonchev–Trinajstić information content (AvgIpc) is 2.89. The van der Waals surface area contributed by atoms with Gasteiger partial charge in [-0.05, 0) is 11.5 Å². The summed E-state index contributed by atoms with van der Waals surface area (Å²) in [6, 6.07) is 2.66. The predicted octanol–water partition coefficient (Wildman–Crippen LogP) is 3.55. The van der Waals surface area contributed by atoms with E-state index < -0.39 is 62.2 Å². The van der Waals surface area contributed by atoms with Crippen LogP contribution in [-0.2, 0) is 16.9 Å². The molecular weight excluding hydrogens is 445 g/mol. The molecule has 0 aromatic carbocycles. The molecule has 12 heteroatoms. The van der Waals surface area contributed by atoms with Crippen molar-refractivity contribution < 1.29 is 26.4 Å². The first-order valence-corrected chi connectivity index (χ1v) is 10.6. The lowest BCUT2D eigenvalue weighted by molar-refractivity contribution is -0.144. The quantitative estimate of drug-likeness (QED) is 0.734.